The van der Waals surface area contributed by atoms with E-state index >= 15 is 0 Å². The van der Waals surface area contributed by atoms with Gasteiger partial charge in [-0.1, -0.05) is 84.6 Å². The van der Waals surface area contributed by atoms with Crippen molar-refractivity contribution in [3.63, 3.8) is 0 Å². The molecule has 0 unspecified atom stereocenters. The van der Waals surface area contributed by atoms with Gasteiger partial charge in [0.25, 0.3) is 0 Å². The maximum Gasteiger partial charge on any atom is 0.230 e. The lowest BCUT2D eigenvalue weighted by Gasteiger charge is -2.11. The van der Waals surface area contributed by atoms with Crippen LogP contribution in [0.2, 0.25) is 0 Å². The number of benzene rings is 3. The second-order valence-corrected chi connectivity index (χ2v) is 8.17. The molecule has 1 aromatic heterocycles. The van der Waals surface area contributed by atoms with E-state index in [-0.39, 0.29) is 17.5 Å². The first-order valence-electron chi connectivity index (χ1n) is 10.4. The minimum atomic E-state index is -0.349. The van der Waals surface area contributed by atoms with Gasteiger partial charge in [-0.05, 0) is 29.7 Å². The predicted octanol–water partition coefficient (Wildman–Crippen LogP) is 4.74. The van der Waals surface area contributed by atoms with Gasteiger partial charge >= 0.3 is 0 Å². The molecule has 0 fully saturated rings. The highest BCUT2D eigenvalue weighted by atomic mass is 32.2. The molecule has 32 heavy (non-hydrogen) atoms. The van der Waals surface area contributed by atoms with E-state index in [0.29, 0.717) is 29.6 Å². The molecule has 7 heteroatoms. The first-order valence-corrected chi connectivity index (χ1v) is 11.3. The fraction of sp³-hybridized carbons (Fsp3) is 0.160. The molecule has 0 spiro atoms. The summed E-state index contributed by atoms with van der Waals surface area (Å²) in [6.07, 6.45) is 0.744. The van der Waals surface area contributed by atoms with Crippen LogP contribution in [0.5, 0.6) is 0 Å². The van der Waals surface area contributed by atoms with Gasteiger partial charge in [0, 0.05) is 13.1 Å². The summed E-state index contributed by atoms with van der Waals surface area (Å²) in [5.74, 6) is 0.223. The summed E-state index contributed by atoms with van der Waals surface area (Å²) >= 11 is 1.30. The highest BCUT2D eigenvalue weighted by Gasteiger charge is 2.18. The molecule has 1 amide bonds. The Balaban J connectivity index is 1.48. The van der Waals surface area contributed by atoms with Crippen LogP contribution >= 0.6 is 11.8 Å². The van der Waals surface area contributed by atoms with Crippen molar-refractivity contribution >= 4 is 17.7 Å². The van der Waals surface area contributed by atoms with Crippen LogP contribution < -0.4 is 5.32 Å². The number of aromatic nitrogens is 3. The summed E-state index contributed by atoms with van der Waals surface area (Å²) in [6.45, 7) is 1.05. The van der Waals surface area contributed by atoms with Crippen LogP contribution in [0.25, 0.3) is 11.4 Å². The molecule has 0 atom stereocenters. The summed E-state index contributed by atoms with van der Waals surface area (Å²) in [4.78, 5) is 12.4. The quantitative estimate of drug-likeness (QED) is 0.378. The standard InChI is InChI=1S/C25H23FN4OS/c26-22-14-8-7-13-21(22)24-28-29-25(30(24)16-15-19-9-3-1-4-10-19)32-18-23(31)27-17-20-11-5-2-6-12-20/h1-14H,15-18H2,(H,27,31). The second kappa shape index (κ2) is 10.7. The third-order valence-corrected chi connectivity index (χ3v) is 5.93. The smallest absolute Gasteiger partial charge is 0.230 e. The minimum Gasteiger partial charge on any atom is -0.351 e. The van der Waals surface area contributed by atoms with E-state index in [2.05, 4.69) is 27.6 Å². The van der Waals surface area contributed by atoms with Crippen molar-refractivity contribution < 1.29 is 9.18 Å². The Morgan fingerprint density at radius 3 is 2.25 bits per heavy atom. The molecular weight excluding hydrogens is 423 g/mol. The third-order valence-electron chi connectivity index (χ3n) is 4.96. The van der Waals surface area contributed by atoms with E-state index in [9.17, 15) is 9.18 Å². The SMILES string of the molecule is O=C(CSc1nnc(-c2ccccc2F)n1CCc1ccccc1)NCc1ccccc1. The Labute approximate surface area is 190 Å². The van der Waals surface area contributed by atoms with E-state index in [1.165, 1.54) is 17.8 Å². The summed E-state index contributed by atoms with van der Waals surface area (Å²) in [6, 6.07) is 26.3. The first kappa shape index (κ1) is 21.8. The van der Waals surface area contributed by atoms with Crippen molar-refractivity contribution in [2.75, 3.05) is 5.75 Å². The molecule has 0 aliphatic heterocycles. The van der Waals surface area contributed by atoms with Crippen LogP contribution in [0, 0.1) is 5.82 Å². The molecule has 1 heterocycles. The Morgan fingerprint density at radius 1 is 0.875 bits per heavy atom. The number of carbonyl (C=O) groups is 1. The molecule has 0 radical (unpaired) electrons. The van der Waals surface area contributed by atoms with E-state index in [0.717, 1.165) is 17.5 Å². The molecule has 0 bridgehead atoms. The van der Waals surface area contributed by atoms with Crippen LogP contribution in [-0.2, 0) is 24.3 Å². The molecule has 1 N–H and O–H groups in total. The number of rotatable bonds is 9. The predicted molar refractivity (Wildman–Crippen MR) is 125 cm³/mol. The molecule has 0 saturated carbocycles. The lowest BCUT2D eigenvalue weighted by atomic mass is 10.1. The largest absolute Gasteiger partial charge is 0.351 e. The molecule has 0 saturated heterocycles. The van der Waals surface area contributed by atoms with Crippen molar-refractivity contribution in [3.05, 3.63) is 102 Å². The Kier molecular flexibility index (Phi) is 7.30. The summed E-state index contributed by atoms with van der Waals surface area (Å²) in [5.41, 5.74) is 2.60. The number of aryl methyl sites for hydroxylation is 1. The van der Waals surface area contributed by atoms with Crippen molar-refractivity contribution in [2.45, 2.75) is 24.7 Å². The van der Waals surface area contributed by atoms with Gasteiger partial charge in [-0.3, -0.25) is 4.79 Å². The zero-order valence-corrected chi connectivity index (χ0v) is 18.3. The number of thioether (sulfide) groups is 1. The second-order valence-electron chi connectivity index (χ2n) is 7.22. The highest BCUT2D eigenvalue weighted by molar-refractivity contribution is 7.99. The first-order chi connectivity index (χ1) is 15.7. The van der Waals surface area contributed by atoms with Gasteiger partial charge in [0.15, 0.2) is 11.0 Å². The molecule has 3 aromatic carbocycles. The number of nitrogens with one attached hydrogen (secondary N) is 1. The zero-order valence-electron chi connectivity index (χ0n) is 17.4. The van der Waals surface area contributed by atoms with Crippen LogP contribution in [0.3, 0.4) is 0 Å². The maximum atomic E-state index is 14.5. The minimum absolute atomic E-state index is 0.0936. The summed E-state index contributed by atoms with van der Waals surface area (Å²) in [7, 11) is 0. The normalized spacial score (nSPS) is 10.8. The Hall–Kier alpha value is -3.45. The molecular formula is C25H23FN4OS. The molecule has 0 aliphatic rings. The van der Waals surface area contributed by atoms with Gasteiger partial charge < -0.3 is 9.88 Å². The Morgan fingerprint density at radius 2 is 1.53 bits per heavy atom. The van der Waals surface area contributed by atoms with Gasteiger partial charge in [-0.15, -0.1) is 10.2 Å². The number of nitrogens with zero attached hydrogens (tertiary/aromatic N) is 3. The maximum absolute atomic E-state index is 14.5. The van der Waals surface area contributed by atoms with Crippen LogP contribution in [0.1, 0.15) is 11.1 Å². The van der Waals surface area contributed by atoms with Gasteiger partial charge in [-0.2, -0.15) is 0 Å². The molecule has 4 aromatic rings. The van der Waals surface area contributed by atoms with E-state index in [1.807, 2.05) is 53.1 Å². The molecule has 162 valence electrons. The van der Waals surface area contributed by atoms with Crippen LogP contribution in [-0.4, -0.2) is 26.4 Å². The topological polar surface area (TPSA) is 59.8 Å². The van der Waals surface area contributed by atoms with E-state index < -0.39 is 0 Å². The van der Waals surface area contributed by atoms with E-state index in [4.69, 9.17) is 0 Å². The third kappa shape index (κ3) is 5.62. The van der Waals surface area contributed by atoms with E-state index in [1.54, 1.807) is 18.2 Å². The average Bonchev–Trinajstić information content (AvgIpc) is 3.24. The number of hydrogen-bond donors (Lipinski definition) is 1. The molecule has 4 rings (SSSR count). The summed E-state index contributed by atoms with van der Waals surface area (Å²) in [5, 5.41) is 12.0. The monoisotopic (exact) mass is 446 g/mol. The lowest BCUT2D eigenvalue weighted by molar-refractivity contribution is -0.118. The van der Waals surface area contributed by atoms with Crippen molar-refractivity contribution in [1.29, 1.82) is 0 Å². The van der Waals surface area contributed by atoms with Crippen molar-refractivity contribution in [3.8, 4) is 11.4 Å². The van der Waals surface area contributed by atoms with Crippen LogP contribution in [0.15, 0.2) is 90.1 Å². The fourth-order valence-corrected chi connectivity index (χ4v) is 4.10. The zero-order chi connectivity index (χ0) is 22.2. The number of hydrogen-bond acceptors (Lipinski definition) is 4. The number of amides is 1. The molecule has 5 nitrogen and oxygen atoms in total. The fourth-order valence-electron chi connectivity index (χ4n) is 3.30. The molecule has 0 aliphatic carbocycles. The van der Waals surface area contributed by atoms with Gasteiger partial charge in [-0.25, -0.2) is 4.39 Å². The number of carbonyl (C=O) groups excluding carboxylic acids is 1. The van der Waals surface area contributed by atoms with Gasteiger partial charge in [0.2, 0.25) is 5.91 Å². The van der Waals surface area contributed by atoms with Crippen LogP contribution in [0.4, 0.5) is 4.39 Å². The summed E-state index contributed by atoms with van der Waals surface area (Å²) < 4.78 is 16.3. The van der Waals surface area contributed by atoms with Gasteiger partial charge in [0.05, 0.1) is 11.3 Å². The average molecular weight is 447 g/mol. The van der Waals surface area contributed by atoms with Crippen molar-refractivity contribution in [2.24, 2.45) is 0 Å². The highest BCUT2D eigenvalue weighted by Crippen LogP contribution is 2.26. The van der Waals surface area contributed by atoms with Crippen molar-refractivity contribution in [1.82, 2.24) is 20.1 Å². The lowest BCUT2D eigenvalue weighted by Crippen LogP contribution is -2.24. The number of halogens is 1. The Bertz CT molecular complexity index is 1170. The van der Waals surface area contributed by atoms with Gasteiger partial charge in [0.1, 0.15) is 5.82 Å².